The molecule has 0 unspecified atom stereocenters. The SMILES string of the molecule is COc1cccc(C=NNC(=O)c2ccc(COc3ccc(C)cc3[N+](=O)[O-])o2)c1O. The van der Waals surface area contributed by atoms with Crippen LogP contribution in [0.4, 0.5) is 5.69 Å². The second kappa shape index (κ2) is 9.44. The van der Waals surface area contributed by atoms with Gasteiger partial charge in [-0.2, -0.15) is 5.10 Å². The van der Waals surface area contributed by atoms with Gasteiger partial charge in [0.15, 0.2) is 23.0 Å². The maximum Gasteiger partial charge on any atom is 0.311 e. The van der Waals surface area contributed by atoms with Gasteiger partial charge in [-0.1, -0.05) is 12.1 Å². The fraction of sp³-hybridized carbons (Fsp3) is 0.143. The summed E-state index contributed by atoms with van der Waals surface area (Å²) >= 11 is 0. The molecule has 0 spiro atoms. The molecular formula is C21H19N3O7. The molecule has 160 valence electrons. The first-order valence-corrected chi connectivity index (χ1v) is 9.05. The minimum Gasteiger partial charge on any atom is -0.504 e. The van der Waals surface area contributed by atoms with Gasteiger partial charge in [-0.25, -0.2) is 5.43 Å². The normalized spacial score (nSPS) is 10.8. The van der Waals surface area contributed by atoms with E-state index >= 15 is 0 Å². The molecule has 1 aromatic heterocycles. The topological polar surface area (TPSA) is 136 Å². The number of para-hydroxylation sites is 1. The number of methoxy groups -OCH3 is 1. The first-order chi connectivity index (χ1) is 14.9. The lowest BCUT2D eigenvalue weighted by atomic mass is 10.2. The van der Waals surface area contributed by atoms with Crippen molar-refractivity contribution < 1.29 is 28.7 Å². The molecule has 2 N–H and O–H groups in total. The minimum absolute atomic E-state index is 0.0241. The molecule has 0 bridgehead atoms. The number of nitro benzene ring substituents is 1. The predicted molar refractivity (Wildman–Crippen MR) is 111 cm³/mol. The Morgan fingerprint density at radius 2 is 2.06 bits per heavy atom. The molecule has 2 aromatic carbocycles. The summed E-state index contributed by atoms with van der Waals surface area (Å²) < 4.78 is 15.9. The summed E-state index contributed by atoms with van der Waals surface area (Å²) in [7, 11) is 1.42. The number of ether oxygens (including phenoxy) is 2. The van der Waals surface area contributed by atoms with Gasteiger partial charge in [0.1, 0.15) is 12.4 Å². The number of amides is 1. The zero-order chi connectivity index (χ0) is 22.4. The number of hydrogen-bond acceptors (Lipinski definition) is 8. The van der Waals surface area contributed by atoms with Crippen LogP contribution in [0.2, 0.25) is 0 Å². The molecule has 31 heavy (non-hydrogen) atoms. The highest BCUT2D eigenvalue weighted by Crippen LogP contribution is 2.29. The van der Waals surface area contributed by atoms with Gasteiger partial charge in [-0.05, 0) is 42.8 Å². The maximum atomic E-state index is 12.2. The number of phenolic OH excluding ortho intramolecular Hbond substituents is 1. The van der Waals surface area contributed by atoms with Gasteiger partial charge >= 0.3 is 11.6 Å². The molecule has 0 saturated carbocycles. The van der Waals surface area contributed by atoms with E-state index in [1.807, 2.05) is 0 Å². The molecule has 0 aliphatic rings. The first-order valence-electron chi connectivity index (χ1n) is 9.05. The molecule has 10 nitrogen and oxygen atoms in total. The van der Waals surface area contributed by atoms with Gasteiger partial charge in [0.2, 0.25) is 0 Å². The average molecular weight is 425 g/mol. The van der Waals surface area contributed by atoms with E-state index in [1.54, 1.807) is 31.2 Å². The lowest BCUT2D eigenvalue weighted by Gasteiger charge is -2.05. The molecule has 1 heterocycles. The zero-order valence-corrected chi connectivity index (χ0v) is 16.7. The molecule has 0 fully saturated rings. The number of rotatable bonds is 8. The van der Waals surface area contributed by atoms with E-state index in [1.165, 1.54) is 37.6 Å². The Balaban J connectivity index is 1.61. The van der Waals surface area contributed by atoms with Crippen LogP contribution < -0.4 is 14.9 Å². The molecule has 10 heteroatoms. The number of carbonyl (C=O) groups excluding carboxylic acids is 1. The first kappa shape index (κ1) is 21.4. The highest BCUT2D eigenvalue weighted by atomic mass is 16.6. The second-order valence-electron chi connectivity index (χ2n) is 6.38. The zero-order valence-electron chi connectivity index (χ0n) is 16.7. The van der Waals surface area contributed by atoms with Gasteiger partial charge in [0, 0.05) is 11.6 Å². The Morgan fingerprint density at radius 3 is 2.81 bits per heavy atom. The van der Waals surface area contributed by atoms with Crippen LogP contribution in [-0.4, -0.2) is 29.3 Å². The molecule has 0 radical (unpaired) electrons. The minimum atomic E-state index is -0.619. The number of nitro groups is 1. The van der Waals surface area contributed by atoms with E-state index < -0.39 is 10.8 Å². The fourth-order valence-electron chi connectivity index (χ4n) is 2.64. The lowest BCUT2D eigenvalue weighted by Crippen LogP contribution is -2.16. The Bertz CT molecular complexity index is 1140. The number of aromatic hydroxyl groups is 1. The summed E-state index contributed by atoms with van der Waals surface area (Å²) in [6, 6.07) is 12.4. The molecule has 0 aliphatic heterocycles. The summed E-state index contributed by atoms with van der Waals surface area (Å²) in [4.78, 5) is 22.8. The van der Waals surface area contributed by atoms with Crippen molar-refractivity contribution in [1.82, 2.24) is 5.43 Å². The molecule has 3 aromatic rings. The summed E-state index contributed by atoms with van der Waals surface area (Å²) in [6.07, 6.45) is 1.26. The highest BCUT2D eigenvalue weighted by Gasteiger charge is 2.17. The summed E-state index contributed by atoms with van der Waals surface area (Å²) in [5, 5.41) is 24.9. The van der Waals surface area contributed by atoms with E-state index in [0.717, 1.165) is 5.56 Å². The largest absolute Gasteiger partial charge is 0.504 e. The van der Waals surface area contributed by atoms with E-state index in [0.29, 0.717) is 11.3 Å². The van der Waals surface area contributed by atoms with Crippen molar-refractivity contribution in [2.75, 3.05) is 7.11 Å². The third-order valence-electron chi connectivity index (χ3n) is 4.19. The fourth-order valence-corrected chi connectivity index (χ4v) is 2.64. The van der Waals surface area contributed by atoms with Gasteiger partial charge in [-0.15, -0.1) is 0 Å². The van der Waals surface area contributed by atoms with Crippen molar-refractivity contribution in [2.45, 2.75) is 13.5 Å². The van der Waals surface area contributed by atoms with Crippen molar-refractivity contribution in [3.63, 3.8) is 0 Å². The van der Waals surface area contributed by atoms with E-state index in [-0.39, 0.29) is 35.3 Å². The number of nitrogens with zero attached hydrogens (tertiary/aromatic N) is 2. The highest BCUT2D eigenvalue weighted by molar-refractivity contribution is 5.93. The Kier molecular flexibility index (Phi) is 6.51. The van der Waals surface area contributed by atoms with Crippen molar-refractivity contribution >= 4 is 17.8 Å². The second-order valence-corrected chi connectivity index (χ2v) is 6.38. The summed E-state index contributed by atoms with van der Waals surface area (Å²) in [5.74, 6) is -0.0734. The van der Waals surface area contributed by atoms with E-state index in [9.17, 15) is 20.0 Å². The number of carbonyl (C=O) groups is 1. The lowest BCUT2D eigenvalue weighted by molar-refractivity contribution is -0.386. The molecule has 3 rings (SSSR count). The Labute approximate surface area is 176 Å². The molecular weight excluding hydrogens is 406 g/mol. The van der Waals surface area contributed by atoms with E-state index in [2.05, 4.69) is 10.5 Å². The number of phenols is 1. The van der Waals surface area contributed by atoms with Crippen LogP contribution >= 0.6 is 0 Å². The van der Waals surface area contributed by atoms with Gasteiger partial charge in [0.25, 0.3) is 0 Å². The van der Waals surface area contributed by atoms with Crippen LogP contribution in [0.15, 0.2) is 58.0 Å². The number of benzene rings is 2. The van der Waals surface area contributed by atoms with Crippen molar-refractivity contribution in [1.29, 1.82) is 0 Å². The van der Waals surface area contributed by atoms with Crippen LogP contribution in [0.3, 0.4) is 0 Å². The van der Waals surface area contributed by atoms with Crippen molar-refractivity contribution in [3.05, 3.63) is 81.3 Å². The summed E-state index contributed by atoms with van der Waals surface area (Å²) in [5.41, 5.74) is 3.22. The third kappa shape index (κ3) is 5.18. The predicted octanol–water partition coefficient (Wildman–Crippen LogP) is 3.55. The van der Waals surface area contributed by atoms with E-state index in [4.69, 9.17) is 13.9 Å². The Hall–Kier alpha value is -4.34. The number of hydrazone groups is 1. The van der Waals surface area contributed by atoms with Gasteiger partial charge in [0.05, 0.1) is 18.2 Å². The monoisotopic (exact) mass is 425 g/mol. The van der Waals surface area contributed by atoms with Gasteiger partial charge < -0.3 is 19.0 Å². The smallest absolute Gasteiger partial charge is 0.311 e. The molecule has 0 aliphatic carbocycles. The van der Waals surface area contributed by atoms with Crippen molar-refractivity contribution in [3.8, 4) is 17.2 Å². The number of hydrogen-bond donors (Lipinski definition) is 2. The van der Waals surface area contributed by atoms with Crippen LogP contribution in [0, 0.1) is 17.0 Å². The van der Waals surface area contributed by atoms with Gasteiger partial charge in [-0.3, -0.25) is 14.9 Å². The van der Waals surface area contributed by atoms with Crippen LogP contribution in [0.5, 0.6) is 17.2 Å². The Morgan fingerprint density at radius 1 is 1.26 bits per heavy atom. The van der Waals surface area contributed by atoms with Crippen LogP contribution in [0.25, 0.3) is 0 Å². The molecule has 0 saturated heterocycles. The number of furan rings is 1. The van der Waals surface area contributed by atoms with Crippen molar-refractivity contribution in [2.24, 2.45) is 5.10 Å². The third-order valence-corrected chi connectivity index (χ3v) is 4.19. The summed E-state index contributed by atoms with van der Waals surface area (Å²) in [6.45, 7) is 1.64. The molecule has 1 amide bonds. The van der Waals surface area contributed by atoms with Crippen LogP contribution in [0.1, 0.15) is 27.4 Å². The quantitative estimate of drug-likeness (QED) is 0.320. The average Bonchev–Trinajstić information content (AvgIpc) is 3.23. The molecule has 0 atom stereocenters. The number of nitrogens with one attached hydrogen (secondary N) is 1. The number of aryl methyl sites for hydroxylation is 1. The van der Waals surface area contributed by atoms with Crippen LogP contribution in [-0.2, 0) is 6.61 Å². The maximum absolute atomic E-state index is 12.2. The standard InChI is InChI=1S/C21H19N3O7/c1-13-6-8-17(16(10-13)24(27)28)30-12-15-7-9-19(31-15)21(26)23-22-11-14-4-3-5-18(29-2)20(14)25/h3-11,25H,12H2,1-2H3,(H,23,26).